The Bertz CT molecular complexity index is 506. The van der Waals surface area contributed by atoms with Crippen molar-refractivity contribution in [2.75, 3.05) is 0 Å². The molecule has 0 saturated carbocycles. The summed E-state index contributed by atoms with van der Waals surface area (Å²) in [4.78, 5) is 12.8. The molecule has 1 rings (SSSR count). The fraction of sp³-hybridized carbons (Fsp3) is 0.611. The SMILES string of the molecule is CC(C)(C)CC(C)(C(=O)Oc1ccccc1O)C(C)(C)C. The Kier molecular flexibility index (Phi) is 4.76. The van der Waals surface area contributed by atoms with E-state index in [1.54, 1.807) is 18.2 Å². The highest BCUT2D eigenvalue weighted by Gasteiger charge is 2.48. The minimum atomic E-state index is -0.645. The maximum atomic E-state index is 12.8. The Morgan fingerprint density at radius 2 is 1.57 bits per heavy atom. The van der Waals surface area contributed by atoms with Gasteiger partial charge in [-0.2, -0.15) is 0 Å². The maximum absolute atomic E-state index is 12.8. The van der Waals surface area contributed by atoms with Crippen molar-refractivity contribution in [1.82, 2.24) is 0 Å². The lowest BCUT2D eigenvalue weighted by Gasteiger charge is -2.43. The molecule has 1 aromatic carbocycles. The van der Waals surface area contributed by atoms with Crippen molar-refractivity contribution >= 4 is 5.97 Å². The van der Waals surface area contributed by atoms with E-state index in [1.807, 2.05) is 27.7 Å². The first-order chi connectivity index (χ1) is 9.37. The number of carbonyl (C=O) groups excluding carboxylic acids is 1. The molecule has 1 atom stereocenters. The van der Waals surface area contributed by atoms with Gasteiger partial charge in [-0.1, -0.05) is 53.7 Å². The van der Waals surface area contributed by atoms with Crippen molar-refractivity contribution in [2.45, 2.75) is 54.9 Å². The molecule has 0 spiro atoms. The fourth-order valence-corrected chi connectivity index (χ4v) is 2.46. The average Bonchev–Trinajstić information content (AvgIpc) is 2.28. The number of hydrogen-bond acceptors (Lipinski definition) is 3. The number of esters is 1. The van der Waals surface area contributed by atoms with Crippen LogP contribution in [0.2, 0.25) is 0 Å². The zero-order valence-electron chi connectivity index (χ0n) is 14.3. The highest BCUT2D eigenvalue weighted by atomic mass is 16.5. The lowest BCUT2D eigenvalue weighted by molar-refractivity contribution is -0.154. The summed E-state index contributed by atoms with van der Waals surface area (Å²) in [6, 6.07) is 6.56. The van der Waals surface area contributed by atoms with Gasteiger partial charge < -0.3 is 9.84 Å². The quantitative estimate of drug-likeness (QED) is 0.644. The minimum absolute atomic E-state index is 0.000216. The second-order valence-electron chi connectivity index (χ2n) is 8.18. The molecule has 118 valence electrons. The first-order valence-corrected chi connectivity index (χ1v) is 7.37. The number of phenols is 1. The van der Waals surface area contributed by atoms with Gasteiger partial charge in [0.1, 0.15) is 0 Å². The molecule has 3 heteroatoms. The summed E-state index contributed by atoms with van der Waals surface area (Å²) in [6.45, 7) is 14.4. The van der Waals surface area contributed by atoms with Crippen LogP contribution in [0.25, 0.3) is 0 Å². The van der Waals surface area contributed by atoms with Gasteiger partial charge in [0.15, 0.2) is 11.5 Å². The molecule has 21 heavy (non-hydrogen) atoms. The van der Waals surface area contributed by atoms with Crippen molar-refractivity contribution in [3.05, 3.63) is 24.3 Å². The van der Waals surface area contributed by atoms with E-state index in [2.05, 4.69) is 20.8 Å². The highest BCUT2D eigenvalue weighted by molar-refractivity contribution is 5.80. The van der Waals surface area contributed by atoms with Crippen molar-refractivity contribution in [1.29, 1.82) is 0 Å². The van der Waals surface area contributed by atoms with Gasteiger partial charge in [-0.25, -0.2) is 0 Å². The first kappa shape index (κ1) is 17.5. The average molecular weight is 292 g/mol. The van der Waals surface area contributed by atoms with Crippen molar-refractivity contribution < 1.29 is 14.6 Å². The Labute approximate surface area is 128 Å². The lowest BCUT2D eigenvalue weighted by Crippen LogP contribution is -2.45. The minimum Gasteiger partial charge on any atom is -0.504 e. The summed E-state index contributed by atoms with van der Waals surface area (Å²) in [5, 5.41) is 9.78. The van der Waals surface area contributed by atoms with E-state index in [0.29, 0.717) is 6.42 Å². The smallest absolute Gasteiger partial charge is 0.317 e. The molecule has 0 amide bonds. The predicted octanol–water partition coefficient (Wildman–Crippen LogP) is 4.79. The zero-order chi connectivity index (χ0) is 16.5. The fourth-order valence-electron chi connectivity index (χ4n) is 2.46. The molecule has 0 radical (unpaired) electrons. The van der Waals surface area contributed by atoms with Crippen LogP contribution in [0.4, 0.5) is 0 Å². The van der Waals surface area contributed by atoms with E-state index in [1.165, 1.54) is 6.07 Å². The lowest BCUT2D eigenvalue weighted by atomic mass is 9.61. The normalized spacial score (nSPS) is 15.4. The van der Waals surface area contributed by atoms with E-state index in [-0.39, 0.29) is 28.3 Å². The van der Waals surface area contributed by atoms with Crippen molar-refractivity contribution in [2.24, 2.45) is 16.2 Å². The van der Waals surface area contributed by atoms with Crippen LogP contribution in [0.3, 0.4) is 0 Å². The molecule has 0 heterocycles. The summed E-state index contributed by atoms with van der Waals surface area (Å²) >= 11 is 0. The van der Waals surface area contributed by atoms with Crippen LogP contribution in [0.1, 0.15) is 54.9 Å². The molecule has 0 aromatic heterocycles. The standard InChI is InChI=1S/C18H28O3/c1-16(2,3)12-18(7,17(4,5)6)15(20)21-14-11-9-8-10-13(14)19/h8-11,19H,12H2,1-7H3. The third kappa shape index (κ3) is 4.23. The van der Waals surface area contributed by atoms with E-state index in [9.17, 15) is 9.90 Å². The number of phenolic OH excluding ortho intramolecular Hbond substituents is 1. The van der Waals surface area contributed by atoms with Gasteiger partial charge >= 0.3 is 5.97 Å². The molecule has 1 unspecified atom stereocenters. The molecular formula is C18H28O3. The monoisotopic (exact) mass is 292 g/mol. The third-order valence-electron chi connectivity index (χ3n) is 4.06. The van der Waals surface area contributed by atoms with E-state index in [4.69, 9.17) is 4.74 Å². The molecule has 1 N–H and O–H groups in total. The van der Waals surface area contributed by atoms with Crippen LogP contribution in [-0.2, 0) is 4.79 Å². The van der Waals surface area contributed by atoms with Crippen LogP contribution in [0, 0.1) is 16.2 Å². The molecule has 0 aliphatic heterocycles. The van der Waals surface area contributed by atoms with E-state index in [0.717, 1.165) is 0 Å². The molecule has 0 bridgehead atoms. The van der Waals surface area contributed by atoms with Crippen molar-refractivity contribution in [3.8, 4) is 11.5 Å². The molecule has 1 aromatic rings. The second kappa shape index (κ2) is 5.70. The Morgan fingerprint density at radius 1 is 1.05 bits per heavy atom. The van der Waals surface area contributed by atoms with Gasteiger partial charge in [-0.15, -0.1) is 0 Å². The first-order valence-electron chi connectivity index (χ1n) is 7.37. The topological polar surface area (TPSA) is 46.5 Å². The third-order valence-corrected chi connectivity index (χ3v) is 4.06. The summed E-state index contributed by atoms with van der Waals surface area (Å²) in [5.74, 6) is -0.101. The number of ether oxygens (including phenoxy) is 1. The zero-order valence-corrected chi connectivity index (χ0v) is 14.3. The molecular weight excluding hydrogens is 264 g/mol. The van der Waals surface area contributed by atoms with Crippen LogP contribution < -0.4 is 4.74 Å². The van der Waals surface area contributed by atoms with Gasteiger partial charge in [-0.05, 0) is 36.3 Å². The van der Waals surface area contributed by atoms with Crippen LogP contribution in [-0.4, -0.2) is 11.1 Å². The van der Waals surface area contributed by atoms with Crippen LogP contribution in [0.5, 0.6) is 11.5 Å². The summed E-state index contributed by atoms with van der Waals surface area (Å²) in [5.41, 5.74) is -0.894. The maximum Gasteiger partial charge on any atom is 0.317 e. The number of hydrogen-bond donors (Lipinski definition) is 1. The van der Waals surface area contributed by atoms with Gasteiger partial charge in [0.05, 0.1) is 5.41 Å². The second-order valence-corrected chi connectivity index (χ2v) is 8.18. The van der Waals surface area contributed by atoms with Gasteiger partial charge in [0.25, 0.3) is 0 Å². The van der Waals surface area contributed by atoms with Gasteiger partial charge in [-0.3, -0.25) is 4.79 Å². The number of rotatable bonds is 3. The number of carbonyl (C=O) groups is 1. The van der Waals surface area contributed by atoms with Gasteiger partial charge in [0, 0.05) is 0 Å². The number of benzene rings is 1. The number of para-hydroxylation sites is 2. The van der Waals surface area contributed by atoms with Crippen molar-refractivity contribution in [3.63, 3.8) is 0 Å². The van der Waals surface area contributed by atoms with E-state index < -0.39 is 5.41 Å². The predicted molar refractivity (Wildman–Crippen MR) is 85.4 cm³/mol. The van der Waals surface area contributed by atoms with Crippen LogP contribution in [0.15, 0.2) is 24.3 Å². The van der Waals surface area contributed by atoms with Crippen LogP contribution >= 0.6 is 0 Å². The molecule has 0 aliphatic carbocycles. The van der Waals surface area contributed by atoms with E-state index >= 15 is 0 Å². The molecule has 0 aliphatic rings. The molecule has 0 fully saturated rings. The molecule has 3 nitrogen and oxygen atoms in total. The largest absolute Gasteiger partial charge is 0.504 e. The summed E-state index contributed by atoms with van der Waals surface area (Å²) in [7, 11) is 0. The number of aromatic hydroxyl groups is 1. The Hall–Kier alpha value is -1.51. The highest BCUT2D eigenvalue weighted by Crippen LogP contribution is 2.47. The van der Waals surface area contributed by atoms with Gasteiger partial charge in [0.2, 0.25) is 0 Å². The summed E-state index contributed by atoms with van der Waals surface area (Å²) < 4.78 is 5.49. The Morgan fingerprint density at radius 3 is 2.00 bits per heavy atom. The summed E-state index contributed by atoms with van der Waals surface area (Å²) in [6.07, 6.45) is 0.704. The molecule has 0 saturated heterocycles. The Balaban J connectivity index is 3.11.